The number of rotatable bonds is 8. The Balaban J connectivity index is 1.87. The number of benzene rings is 1. The number of ether oxygens (including phenoxy) is 4. The van der Waals surface area contributed by atoms with E-state index in [0.717, 1.165) is 5.56 Å². The minimum Gasteiger partial charge on any atom is -0.458 e. The summed E-state index contributed by atoms with van der Waals surface area (Å²) in [6.07, 6.45) is -1.78. The molecule has 0 saturated carbocycles. The Morgan fingerprint density at radius 1 is 1.15 bits per heavy atom. The van der Waals surface area contributed by atoms with Gasteiger partial charge in [-0.2, -0.15) is 0 Å². The maximum absolute atomic E-state index is 11.8. The molecule has 0 aromatic heterocycles. The van der Waals surface area contributed by atoms with Crippen LogP contribution in [-0.4, -0.2) is 49.5 Å². The molecule has 142 valence electrons. The molecule has 1 aliphatic rings. The zero-order valence-corrected chi connectivity index (χ0v) is 14.8. The molecule has 2 rings (SSSR count). The monoisotopic (exact) mass is 365 g/mol. The highest BCUT2D eigenvalue weighted by molar-refractivity contribution is 5.80. The molecule has 1 N–H and O–H groups in total. The van der Waals surface area contributed by atoms with Crippen molar-refractivity contribution in [3.8, 4) is 0 Å². The summed E-state index contributed by atoms with van der Waals surface area (Å²) in [5.74, 6) is -1.40. The van der Waals surface area contributed by atoms with E-state index in [9.17, 15) is 14.4 Å². The van der Waals surface area contributed by atoms with Crippen molar-refractivity contribution in [1.29, 1.82) is 0 Å². The van der Waals surface area contributed by atoms with Crippen molar-refractivity contribution in [3.05, 3.63) is 35.9 Å². The van der Waals surface area contributed by atoms with E-state index in [1.165, 1.54) is 13.8 Å². The van der Waals surface area contributed by atoms with Gasteiger partial charge in [0, 0.05) is 13.8 Å². The number of hydrogen-bond acceptors (Lipinski definition) is 7. The highest BCUT2D eigenvalue weighted by Crippen LogP contribution is 2.25. The van der Waals surface area contributed by atoms with Crippen LogP contribution in [0, 0.1) is 0 Å². The number of esters is 2. The van der Waals surface area contributed by atoms with Gasteiger partial charge in [0.15, 0.2) is 0 Å². The van der Waals surface area contributed by atoms with Crippen molar-refractivity contribution in [2.75, 3.05) is 13.2 Å². The van der Waals surface area contributed by atoms with Crippen molar-refractivity contribution in [1.82, 2.24) is 5.32 Å². The number of hydrogen-bond donors (Lipinski definition) is 1. The minimum atomic E-state index is -0.795. The van der Waals surface area contributed by atoms with E-state index in [1.54, 1.807) is 0 Å². The molecule has 1 fully saturated rings. The summed E-state index contributed by atoms with van der Waals surface area (Å²) in [6, 6.07) is 9.60. The zero-order valence-electron chi connectivity index (χ0n) is 14.8. The smallest absolute Gasteiger partial charge is 0.325 e. The molecular weight excluding hydrogens is 342 g/mol. The van der Waals surface area contributed by atoms with Crippen LogP contribution in [0.4, 0.5) is 0 Å². The zero-order chi connectivity index (χ0) is 18.9. The quantitative estimate of drug-likeness (QED) is 0.684. The van der Waals surface area contributed by atoms with Crippen LogP contribution in [0.5, 0.6) is 0 Å². The molecule has 3 atom stereocenters. The van der Waals surface area contributed by atoms with Crippen molar-refractivity contribution in [2.24, 2.45) is 0 Å². The maximum atomic E-state index is 11.8. The predicted octanol–water partition coefficient (Wildman–Crippen LogP) is 0.929. The van der Waals surface area contributed by atoms with Crippen molar-refractivity contribution < 1.29 is 33.3 Å². The van der Waals surface area contributed by atoms with E-state index in [-0.39, 0.29) is 25.5 Å². The molecule has 1 aromatic carbocycles. The molecule has 1 unspecified atom stereocenters. The number of nitrogens with one attached hydrogen (secondary N) is 1. The van der Waals surface area contributed by atoms with E-state index < -0.39 is 30.4 Å². The Kier molecular flexibility index (Phi) is 7.55. The van der Waals surface area contributed by atoms with Crippen molar-refractivity contribution >= 4 is 17.8 Å². The standard InChI is InChI=1S/C18H23NO7/c1-12(20)19-9-17(22)25-15-8-18(24-13(2)21)26-16(15)11-23-10-14-6-4-3-5-7-14/h3-7,15-16,18H,8-11H2,1-2H3,(H,19,20)/t15-,16+,18?/m0/s1. The van der Waals surface area contributed by atoms with Gasteiger partial charge in [0.05, 0.1) is 19.6 Å². The average Bonchev–Trinajstić information content (AvgIpc) is 2.94. The van der Waals surface area contributed by atoms with Crippen LogP contribution in [-0.2, 0) is 39.9 Å². The summed E-state index contributed by atoms with van der Waals surface area (Å²) in [6.45, 7) is 2.90. The normalized spacial score (nSPS) is 21.8. The third-order valence-electron chi connectivity index (χ3n) is 3.62. The SMILES string of the molecule is CC(=O)NCC(=O)O[C@H]1CC(OC(C)=O)O[C@@H]1COCc1ccccc1. The molecule has 0 aliphatic carbocycles. The molecule has 0 spiro atoms. The van der Waals surface area contributed by atoms with Gasteiger partial charge in [0.25, 0.3) is 0 Å². The van der Waals surface area contributed by atoms with Crippen LogP contribution >= 0.6 is 0 Å². The van der Waals surface area contributed by atoms with Crippen LogP contribution in [0.3, 0.4) is 0 Å². The first-order valence-electron chi connectivity index (χ1n) is 8.32. The first-order chi connectivity index (χ1) is 12.4. The topological polar surface area (TPSA) is 100 Å². The van der Waals surface area contributed by atoms with E-state index in [2.05, 4.69) is 5.32 Å². The molecule has 0 radical (unpaired) electrons. The van der Waals surface area contributed by atoms with Crippen LogP contribution in [0.15, 0.2) is 30.3 Å². The van der Waals surface area contributed by atoms with Crippen LogP contribution < -0.4 is 5.32 Å². The molecule has 26 heavy (non-hydrogen) atoms. The van der Waals surface area contributed by atoms with Gasteiger partial charge >= 0.3 is 11.9 Å². The Morgan fingerprint density at radius 3 is 2.54 bits per heavy atom. The largest absolute Gasteiger partial charge is 0.458 e. The summed E-state index contributed by atoms with van der Waals surface area (Å²) >= 11 is 0. The molecule has 8 heteroatoms. The molecule has 8 nitrogen and oxygen atoms in total. The Hall–Kier alpha value is -2.45. The van der Waals surface area contributed by atoms with Gasteiger partial charge in [-0.05, 0) is 5.56 Å². The van der Waals surface area contributed by atoms with Gasteiger partial charge in [-0.3, -0.25) is 14.4 Å². The van der Waals surface area contributed by atoms with E-state index in [4.69, 9.17) is 18.9 Å². The number of amides is 1. The second-order valence-corrected chi connectivity index (χ2v) is 5.89. The second-order valence-electron chi connectivity index (χ2n) is 5.89. The van der Waals surface area contributed by atoms with E-state index in [0.29, 0.717) is 6.61 Å². The fourth-order valence-electron chi connectivity index (χ4n) is 2.49. The lowest BCUT2D eigenvalue weighted by atomic mass is 10.2. The fraction of sp³-hybridized carbons (Fsp3) is 0.500. The summed E-state index contributed by atoms with van der Waals surface area (Å²) in [4.78, 5) is 33.8. The predicted molar refractivity (Wildman–Crippen MR) is 89.7 cm³/mol. The number of carbonyl (C=O) groups is 3. The first kappa shape index (κ1) is 19.9. The van der Waals surface area contributed by atoms with Gasteiger partial charge in [0.2, 0.25) is 12.2 Å². The van der Waals surface area contributed by atoms with Crippen LogP contribution in [0.1, 0.15) is 25.8 Å². The Bertz CT molecular complexity index is 619. The summed E-state index contributed by atoms with van der Waals surface area (Å²) in [7, 11) is 0. The third-order valence-corrected chi connectivity index (χ3v) is 3.62. The van der Waals surface area contributed by atoms with Gasteiger partial charge < -0.3 is 24.3 Å². The van der Waals surface area contributed by atoms with Gasteiger partial charge in [-0.25, -0.2) is 0 Å². The fourth-order valence-corrected chi connectivity index (χ4v) is 2.49. The van der Waals surface area contributed by atoms with Gasteiger partial charge in [0.1, 0.15) is 18.8 Å². The molecule has 1 aromatic rings. The van der Waals surface area contributed by atoms with Gasteiger partial charge in [-0.15, -0.1) is 0 Å². The molecule has 1 aliphatic heterocycles. The Labute approximate surface area is 151 Å². The summed E-state index contributed by atoms with van der Waals surface area (Å²) < 4.78 is 21.6. The lowest BCUT2D eigenvalue weighted by molar-refractivity contribution is -0.178. The Morgan fingerprint density at radius 2 is 1.88 bits per heavy atom. The van der Waals surface area contributed by atoms with Crippen molar-refractivity contribution in [3.63, 3.8) is 0 Å². The van der Waals surface area contributed by atoms with E-state index >= 15 is 0 Å². The minimum absolute atomic E-state index is 0.171. The number of carbonyl (C=O) groups excluding carboxylic acids is 3. The molecular formula is C18H23NO7. The maximum Gasteiger partial charge on any atom is 0.325 e. The van der Waals surface area contributed by atoms with Crippen LogP contribution in [0.2, 0.25) is 0 Å². The van der Waals surface area contributed by atoms with Crippen molar-refractivity contribution in [2.45, 2.75) is 45.4 Å². The highest BCUT2D eigenvalue weighted by atomic mass is 16.7. The average molecular weight is 365 g/mol. The summed E-state index contributed by atoms with van der Waals surface area (Å²) in [5.41, 5.74) is 1.00. The first-order valence-corrected chi connectivity index (χ1v) is 8.32. The summed E-state index contributed by atoms with van der Waals surface area (Å²) in [5, 5.41) is 2.37. The third kappa shape index (κ3) is 6.81. The van der Waals surface area contributed by atoms with Crippen LogP contribution in [0.25, 0.3) is 0 Å². The van der Waals surface area contributed by atoms with Gasteiger partial charge in [-0.1, -0.05) is 30.3 Å². The molecule has 0 bridgehead atoms. The molecule has 1 amide bonds. The molecule has 1 saturated heterocycles. The lowest BCUT2D eigenvalue weighted by Crippen LogP contribution is -2.35. The lowest BCUT2D eigenvalue weighted by Gasteiger charge is -2.18. The van der Waals surface area contributed by atoms with E-state index in [1.807, 2.05) is 30.3 Å². The molecule has 1 heterocycles. The highest BCUT2D eigenvalue weighted by Gasteiger charge is 2.39. The second kappa shape index (κ2) is 9.88.